The second-order valence-electron chi connectivity index (χ2n) is 10.1. The zero-order valence-corrected chi connectivity index (χ0v) is 21.7. The molecule has 4 aromatic heterocycles. The molecule has 2 aliphatic heterocycles. The average molecular weight is 533 g/mol. The predicted octanol–water partition coefficient (Wildman–Crippen LogP) is 2.67. The molecule has 2 bridgehead atoms. The van der Waals surface area contributed by atoms with Crippen LogP contribution >= 0.6 is 0 Å². The molecule has 196 valence electrons. The number of carbonyl (C=O) groups is 1. The first kappa shape index (κ1) is 24.5. The van der Waals surface area contributed by atoms with E-state index in [0.717, 1.165) is 41.5 Å². The first-order valence-electron chi connectivity index (χ1n) is 12.6. The van der Waals surface area contributed by atoms with Gasteiger partial charge in [-0.3, -0.25) is 19.2 Å². The van der Waals surface area contributed by atoms with Gasteiger partial charge in [-0.1, -0.05) is 6.07 Å². The van der Waals surface area contributed by atoms with Crippen LogP contribution in [0.1, 0.15) is 37.3 Å². The second-order valence-corrected chi connectivity index (χ2v) is 12.0. The number of carbonyl (C=O) groups excluding carboxylic acids is 1. The Morgan fingerprint density at radius 3 is 2.39 bits per heavy atom. The van der Waals surface area contributed by atoms with Crippen LogP contribution in [0.25, 0.3) is 28.0 Å². The van der Waals surface area contributed by atoms with Gasteiger partial charge in [0.05, 0.1) is 11.4 Å². The SMILES string of the molecule is CS(=O)(=O)c1c(C2C[C@H]3CC[C@@H](C2)N3C(=O)CO)nc2c(-c3ccc(-c4ccncc4)nc3)ccn2c1N. The number of hydrogen-bond acceptors (Lipinski definition) is 8. The highest BCUT2D eigenvalue weighted by Gasteiger charge is 2.45. The van der Waals surface area contributed by atoms with E-state index in [2.05, 4.69) is 9.97 Å². The maximum atomic E-state index is 13.0. The molecule has 1 unspecified atom stereocenters. The molecule has 2 saturated heterocycles. The monoisotopic (exact) mass is 532 g/mol. The summed E-state index contributed by atoms with van der Waals surface area (Å²) in [5.41, 5.74) is 10.9. The predicted molar refractivity (Wildman–Crippen MR) is 142 cm³/mol. The van der Waals surface area contributed by atoms with Crippen LogP contribution in [-0.2, 0) is 14.6 Å². The summed E-state index contributed by atoms with van der Waals surface area (Å²) in [4.78, 5) is 27.8. The van der Waals surface area contributed by atoms with Crippen molar-refractivity contribution in [2.24, 2.45) is 0 Å². The number of anilines is 1. The Hall–Kier alpha value is -3.83. The highest BCUT2D eigenvalue weighted by Crippen LogP contribution is 2.45. The number of aliphatic hydroxyl groups excluding tert-OH is 1. The van der Waals surface area contributed by atoms with Crippen LogP contribution in [-0.4, -0.2) is 68.6 Å². The number of aromatic nitrogens is 4. The molecule has 0 spiro atoms. The van der Waals surface area contributed by atoms with Crippen LogP contribution < -0.4 is 5.73 Å². The number of fused-ring (bicyclic) bond motifs is 3. The lowest BCUT2D eigenvalue weighted by Gasteiger charge is -2.39. The zero-order chi connectivity index (χ0) is 26.6. The number of sulfone groups is 1. The molecule has 3 atom stereocenters. The Balaban J connectivity index is 1.44. The summed E-state index contributed by atoms with van der Waals surface area (Å²) < 4.78 is 27.5. The molecule has 11 heteroatoms. The maximum absolute atomic E-state index is 13.0. The fourth-order valence-corrected chi connectivity index (χ4v) is 7.23. The third-order valence-electron chi connectivity index (χ3n) is 7.77. The highest BCUT2D eigenvalue weighted by molar-refractivity contribution is 7.91. The third-order valence-corrected chi connectivity index (χ3v) is 8.93. The van der Waals surface area contributed by atoms with Crippen molar-refractivity contribution in [2.45, 2.75) is 48.6 Å². The molecule has 0 saturated carbocycles. The van der Waals surface area contributed by atoms with Gasteiger partial charge in [-0.25, -0.2) is 13.4 Å². The van der Waals surface area contributed by atoms with Gasteiger partial charge in [-0.15, -0.1) is 0 Å². The number of pyridine rings is 2. The van der Waals surface area contributed by atoms with Gasteiger partial charge < -0.3 is 15.7 Å². The van der Waals surface area contributed by atoms with E-state index in [4.69, 9.17) is 10.7 Å². The van der Waals surface area contributed by atoms with Crippen molar-refractivity contribution in [2.75, 3.05) is 18.6 Å². The largest absolute Gasteiger partial charge is 0.387 e. The first-order chi connectivity index (χ1) is 18.3. The van der Waals surface area contributed by atoms with E-state index in [1.807, 2.05) is 30.3 Å². The third kappa shape index (κ3) is 4.02. The number of nitrogen functional groups attached to an aromatic ring is 1. The van der Waals surface area contributed by atoms with E-state index in [1.165, 1.54) is 0 Å². The van der Waals surface area contributed by atoms with E-state index in [0.29, 0.717) is 24.2 Å². The fourth-order valence-electron chi connectivity index (χ4n) is 6.16. The van der Waals surface area contributed by atoms with Crippen molar-refractivity contribution >= 4 is 27.2 Å². The number of amides is 1. The minimum absolute atomic E-state index is 0.0460. The second kappa shape index (κ2) is 9.17. The quantitative estimate of drug-likeness (QED) is 0.399. The molecule has 38 heavy (non-hydrogen) atoms. The van der Waals surface area contributed by atoms with E-state index in [-0.39, 0.29) is 34.6 Å². The lowest BCUT2D eigenvalue weighted by atomic mass is 9.87. The molecule has 3 N–H and O–H groups in total. The molecule has 6 rings (SSSR count). The standard InChI is InChI=1S/C27H28N6O4S/c1-38(36,37)25-24(18-12-19-3-4-20(13-18)33(19)23(35)15-34)31-27-21(8-11-32(27)26(25)28)17-2-5-22(30-14-17)16-6-9-29-10-7-16/h2,5-11,14,18-20,34H,3-4,12-13,15,28H2,1H3/t18?,19-,20+. The number of nitrogens with zero attached hydrogens (tertiary/aromatic N) is 5. The first-order valence-corrected chi connectivity index (χ1v) is 14.4. The van der Waals surface area contributed by atoms with Gasteiger partial charge in [0.2, 0.25) is 5.91 Å². The fraction of sp³-hybridized carbons (Fsp3) is 0.333. The lowest BCUT2D eigenvalue weighted by Crippen LogP contribution is -2.47. The summed E-state index contributed by atoms with van der Waals surface area (Å²) in [7, 11) is -3.69. The number of rotatable bonds is 5. The number of piperidine rings is 1. The zero-order valence-electron chi connectivity index (χ0n) is 20.9. The summed E-state index contributed by atoms with van der Waals surface area (Å²) in [5.74, 6) is -0.331. The normalized spacial score (nSPS) is 21.2. The number of hydrogen-bond donors (Lipinski definition) is 2. The number of aliphatic hydroxyl groups is 1. The van der Waals surface area contributed by atoms with Gasteiger partial charge in [-0.05, 0) is 49.9 Å². The molecule has 2 aliphatic rings. The molecule has 0 aliphatic carbocycles. The van der Waals surface area contributed by atoms with Crippen LogP contribution in [0.5, 0.6) is 0 Å². The molecule has 0 radical (unpaired) electrons. The van der Waals surface area contributed by atoms with Crippen LogP contribution in [0.3, 0.4) is 0 Å². The van der Waals surface area contributed by atoms with Crippen molar-refractivity contribution < 1.29 is 18.3 Å². The van der Waals surface area contributed by atoms with Crippen LogP contribution in [0, 0.1) is 0 Å². The Morgan fingerprint density at radius 1 is 1.08 bits per heavy atom. The molecule has 6 heterocycles. The van der Waals surface area contributed by atoms with Gasteiger partial charge in [0.1, 0.15) is 23.0 Å². The molecule has 10 nitrogen and oxygen atoms in total. The van der Waals surface area contributed by atoms with E-state index < -0.39 is 16.4 Å². The van der Waals surface area contributed by atoms with Crippen molar-refractivity contribution in [3.05, 3.63) is 60.8 Å². The van der Waals surface area contributed by atoms with E-state index in [9.17, 15) is 18.3 Å². The van der Waals surface area contributed by atoms with Crippen molar-refractivity contribution in [1.29, 1.82) is 0 Å². The Bertz CT molecular complexity index is 1620. The minimum Gasteiger partial charge on any atom is -0.387 e. The van der Waals surface area contributed by atoms with Crippen LogP contribution in [0.15, 0.2) is 60.0 Å². The number of nitrogens with two attached hydrogens (primary N) is 1. The Morgan fingerprint density at radius 2 is 1.79 bits per heavy atom. The van der Waals surface area contributed by atoms with Gasteiger partial charge in [0.25, 0.3) is 0 Å². The molecule has 2 fully saturated rings. The summed E-state index contributed by atoms with van der Waals surface area (Å²) in [5, 5.41) is 9.43. The van der Waals surface area contributed by atoms with Crippen LogP contribution in [0.2, 0.25) is 0 Å². The van der Waals surface area contributed by atoms with Crippen molar-refractivity contribution in [3.8, 4) is 22.4 Å². The van der Waals surface area contributed by atoms with Gasteiger partial charge in [0.15, 0.2) is 9.84 Å². The molecule has 1 amide bonds. The Kier molecular flexibility index (Phi) is 5.92. The van der Waals surface area contributed by atoms with Gasteiger partial charge in [-0.2, -0.15) is 0 Å². The van der Waals surface area contributed by atoms with E-state index >= 15 is 0 Å². The van der Waals surface area contributed by atoms with Crippen molar-refractivity contribution in [1.82, 2.24) is 24.3 Å². The molecular weight excluding hydrogens is 504 g/mol. The average Bonchev–Trinajstić information content (AvgIpc) is 3.46. The lowest BCUT2D eigenvalue weighted by molar-refractivity contribution is -0.138. The highest BCUT2D eigenvalue weighted by atomic mass is 32.2. The van der Waals surface area contributed by atoms with Gasteiger partial charge >= 0.3 is 0 Å². The minimum atomic E-state index is -3.69. The summed E-state index contributed by atoms with van der Waals surface area (Å²) in [6, 6.07) is 9.42. The summed E-state index contributed by atoms with van der Waals surface area (Å²) in [6.45, 7) is -0.523. The van der Waals surface area contributed by atoms with Crippen LogP contribution in [0.4, 0.5) is 5.82 Å². The maximum Gasteiger partial charge on any atom is 0.248 e. The summed E-state index contributed by atoms with van der Waals surface area (Å²) >= 11 is 0. The van der Waals surface area contributed by atoms with Crippen molar-refractivity contribution in [3.63, 3.8) is 0 Å². The topological polar surface area (TPSA) is 144 Å². The van der Waals surface area contributed by atoms with E-state index in [1.54, 1.807) is 34.1 Å². The molecule has 0 aromatic carbocycles. The summed E-state index contributed by atoms with van der Waals surface area (Å²) in [6.07, 6.45) is 10.9. The smallest absolute Gasteiger partial charge is 0.248 e. The van der Waals surface area contributed by atoms with Gasteiger partial charge in [0, 0.05) is 65.7 Å². The molecule has 4 aromatic rings. The molecular formula is C27H28N6O4S. The Labute approximate surface area is 220 Å².